The largest absolute Gasteiger partial charge is 0.437 e. The van der Waals surface area contributed by atoms with Crippen molar-refractivity contribution < 1.29 is 9.13 Å². The van der Waals surface area contributed by atoms with Crippen LogP contribution in [0.4, 0.5) is 10.1 Å². The van der Waals surface area contributed by atoms with E-state index in [1.807, 2.05) is 6.92 Å². The molecule has 2 aromatic rings. The Kier molecular flexibility index (Phi) is 3.95. The molecule has 1 aromatic heterocycles. The van der Waals surface area contributed by atoms with Gasteiger partial charge >= 0.3 is 0 Å². The predicted molar refractivity (Wildman–Crippen MR) is 73.1 cm³/mol. The van der Waals surface area contributed by atoms with E-state index in [4.69, 9.17) is 22.1 Å². The van der Waals surface area contributed by atoms with E-state index in [0.717, 1.165) is 18.5 Å². The summed E-state index contributed by atoms with van der Waals surface area (Å²) in [6, 6.07) is 4.23. The number of nitrogen functional groups attached to an aromatic ring is 1. The second kappa shape index (κ2) is 5.48. The Hall–Kier alpha value is -1.75. The Labute approximate surface area is 115 Å². The Morgan fingerprint density at radius 3 is 2.84 bits per heavy atom. The molecule has 0 aliphatic carbocycles. The summed E-state index contributed by atoms with van der Waals surface area (Å²) in [7, 11) is 1.73. The standard InChI is InChI=1S/C13H15ClFN3O/c1-3-4-11-12(16)13(18(2)17-11)19-8-5-6-9(14)10(15)7-8/h5-7H,3-4,16H2,1-2H3. The average molecular weight is 284 g/mol. The number of hydrogen-bond donors (Lipinski definition) is 1. The van der Waals surface area contributed by atoms with Crippen LogP contribution in [0, 0.1) is 5.82 Å². The molecule has 1 heterocycles. The molecule has 0 atom stereocenters. The van der Waals surface area contributed by atoms with E-state index in [9.17, 15) is 4.39 Å². The zero-order chi connectivity index (χ0) is 14.0. The van der Waals surface area contributed by atoms with Gasteiger partial charge < -0.3 is 10.5 Å². The van der Waals surface area contributed by atoms with Gasteiger partial charge in [0.15, 0.2) is 0 Å². The number of nitrogens with two attached hydrogens (primary N) is 1. The normalized spacial score (nSPS) is 10.7. The summed E-state index contributed by atoms with van der Waals surface area (Å²) in [5.41, 5.74) is 7.25. The van der Waals surface area contributed by atoms with Gasteiger partial charge in [-0.25, -0.2) is 9.07 Å². The molecule has 0 spiro atoms. The van der Waals surface area contributed by atoms with Crippen LogP contribution in [0.25, 0.3) is 0 Å². The van der Waals surface area contributed by atoms with E-state index in [2.05, 4.69) is 5.10 Å². The summed E-state index contributed by atoms with van der Waals surface area (Å²) >= 11 is 5.62. The molecule has 4 nitrogen and oxygen atoms in total. The van der Waals surface area contributed by atoms with Gasteiger partial charge in [0.25, 0.3) is 0 Å². The monoisotopic (exact) mass is 283 g/mol. The van der Waals surface area contributed by atoms with Crippen LogP contribution in [0.2, 0.25) is 5.02 Å². The van der Waals surface area contributed by atoms with E-state index >= 15 is 0 Å². The average Bonchev–Trinajstić information content (AvgIpc) is 2.62. The van der Waals surface area contributed by atoms with E-state index in [1.54, 1.807) is 17.8 Å². The Bertz CT molecular complexity index is 598. The van der Waals surface area contributed by atoms with Crippen molar-refractivity contribution in [2.75, 3.05) is 5.73 Å². The molecule has 0 amide bonds. The van der Waals surface area contributed by atoms with Gasteiger partial charge in [0.2, 0.25) is 5.88 Å². The lowest BCUT2D eigenvalue weighted by atomic mass is 10.2. The van der Waals surface area contributed by atoms with E-state index in [1.165, 1.54) is 12.1 Å². The molecular weight excluding hydrogens is 269 g/mol. The third-order valence-electron chi connectivity index (χ3n) is 2.70. The Morgan fingerprint density at radius 1 is 1.47 bits per heavy atom. The summed E-state index contributed by atoms with van der Waals surface area (Å²) in [6.07, 6.45) is 1.72. The van der Waals surface area contributed by atoms with Gasteiger partial charge in [0.05, 0.1) is 10.7 Å². The number of aromatic nitrogens is 2. The fourth-order valence-electron chi connectivity index (χ4n) is 1.77. The summed E-state index contributed by atoms with van der Waals surface area (Å²) in [6.45, 7) is 2.04. The van der Waals surface area contributed by atoms with Crippen molar-refractivity contribution in [2.45, 2.75) is 19.8 Å². The third kappa shape index (κ3) is 2.81. The minimum absolute atomic E-state index is 0.0528. The lowest BCUT2D eigenvalue weighted by molar-refractivity contribution is 0.429. The molecule has 0 radical (unpaired) electrons. The van der Waals surface area contributed by atoms with Crippen molar-refractivity contribution in [3.8, 4) is 11.6 Å². The lowest BCUT2D eigenvalue weighted by Gasteiger charge is -2.07. The Morgan fingerprint density at radius 2 is 2.21 bits per heavy atom. The summed E-state index contributed by atoms with van der Waals surface area (Å²) in [5, 5.41) is 4.34. The van der Waals surface area contributed by atoms with Crippen LogP contribution in [-0.2, 0) is 13.5 Å². The SMILES string of the molecule is CCCc1nn(C)c(Oc2ccc(Cl)c(F)c2)c1N. The number of hydrogen-bond acceptors (Lipinski definition) is 3. The fraction of sp³-hybridized carbons (Fsp3) is 0.308. The first-order chi connectivity index (χ1) is 9.02. The molecular formula is C13H15ClFN3O. The molecule has 0 fully saturated rings. The fourth-order valence-corrected chi connectivity index (χ4v) is 1.89. The first-order valence-electron chi connectivity index (χ1n) is 5.97. The van der Waals surface area contributed by atoms with Gasteiger partial charge in [-0.15, -0.1) is 0 Å². The van der Waals surface area contributed by atoms with E-state index < -0.39 is 5.82 Å². The molecule has 0 unspecified atom stereocenters. The van der Waals surface area contributed by atoms with Gasteiger partial charge in [-0.2, -0.15) is 5.10 Å². The molecule has 0 bridgehead atoms. The number of aryl methyl sites for hydroxylation is 2. The number of halogens is 2. The van der Waals surface area contributed by atoms with Crippen LogP contribution in [0.1, 0.15) is 19.0 Å². The van der Waals surface area contributed by atoms with Crippen molar-refractivity contribution in [1.82, 2.24) is 9.78 Å². The number of benzene rings is 1. The highest BCUT2D eigenvalue weighted by Crippen LogP contribution is 2.31. The quantitative estimate of drug-likeness (QED) is 0.934. The molecule has 1 aromatic carbocycles. The third-order valence-corrected chi connectivity index (χ3v) is 3.00. The van der Waals surface area contributed by atoms with Crippen molar-refractivity contribution in [3.63, 3.8) is 0 Å². The molecule has 0 saturated heterocycles. The van der Waals surface area contributed by atoms with Crippen molar-refractivity contribution >= 4 is 17.3 Å². The number of nitrogens with zero attached hydrogens (tertiary/aromatic N) is 2. The first kappa shape index (κ1) is 13.7. The van der Waals surface area contributed by atoms with Gasteiger partial charge in [-0.05, 0) is 18.6 Å². The highest BCUT2D eigenvalue weighted by molar-refractivity contribution is 6.30. The highest BCUT2D eigenvalue weighted by atomic mass is 35.5. The smallest absolute Gasteiger partial charge is 0.241 e. The lowest BCUT2D eigenvalue weighted by Crippen LogP contribution is -1.97. The van der Waals surface area contributed by atoms with Gasteiger partial charge in [-0.1, -0.05) is 24.9 Å². The Balaban J connectivity index is 2.30. The highest BCUT2D eigenvalue weighted by Gasteiger charge is 2.15. The second-order valence-electron chi connectivity index (χ2n) is 4.22. The minimum Gasteiger partial charge on any atom is -0.437 e. The summed E-state index contributed by atoms with van der Waals surface area (Å²) in [4.78, 5) is 0. The van der Waals surface area contributed by atoms with Crippen LogP contribution >= 0.6 is 11.6 Å². The molecule has 0 aliphatic rings. The van der Waals surface area contributed by atoms with Crippen LogP contribution in [0.15, 0.2) is 18.2 Å². The van der Waals surface area contributed by atoms with E-state index in [-0.39, 0.29) is 5.02 Å². The predicted octanol–water partition coefficient (Wildman–Crippen LogP) is 3.54. The maximum atomic E-state index is 13.3. The zero-order valence-electron chi connectivity index (χ0n) is 10.8. The maximum absolute atomic E-state index is 13.3. The van der Waals surface area contributed by atoms with Crippen molar-refractivity contribution in [2.24, 2.45) is 7.05 Å². The molecule has 6 heteroatoms. The molecule has 19 heavy (non-hydrogen) atoms. The minimum atomic E-state index is -0.534. The summed E-state index contributed by atoms with van der Waals surface area (Å²) < 4.78 is 20.5. The molecule has 0 aliphatic heterocycles. The second-order valence-corrected chi connectivity index (χ2v) is 4.62. The number of rotatable bonds is 4. The molecule has 2 N–H and O–H groups in total. The van der Waals surface area contributed by atoms with Crippen molar-refractivity contribution in [3.05, 3.63) is 34.7 Å². The van der Waals surface area contributed by atoms with Crippen LogP contribution < -0.4 is 10.5 Å². The van der Waals surface area contributed by atoms with E-state index in [0.29, 0.717) is 17.3 Å². The van der Waals surface area contributed by atoms with Crippen LogP contribution in [0.5, 0.6) is 11.6 Å². The molecule has 2 rings (SSSR count). The first-order valence-corrected chi connectivity index (χ1v) is 6.35. The van der Waals surface area contributed by atoms with Gasteiger partial charge in [0.1, 0.15) is 17.3 Å². The maximum Gasteiger partial charge on any atom is 0.241 e. The zero-order valence-corrected chi connectivity index (χ0v) is 11.5. The van der Waals surface area contributed by atoms with Crippen molar-refractivity contribution in [1.29, 1.82) is 0 Å². The van der Waals surface area contributed by atoms with Crippen LogP contribution in [-0.4, -0.2) is 9.78 Å². The molecule has 102 valence electrons. The van der Waals surface area contributed by atoms with Crippen LogP contribution in [0.3, 0.4) is 0 Å². The summed E-state index contributed by atoms with van der Waals surface area (Å²) in [5.74, 6) is 0.207. The number of anilines is 1. The topological polar surface area (TPSA) is 53.1 Å². The van der Waals surface area contributed by atoms with Gasteiger partial charge in [-0.3, -0.25) is 0 Å². The molecule has 0 saturated carbocycles. The number of ether oxygens (including phenoxy) is 1. The van der Waals surface area contributed by atoms with Gasteiger partial charge in [0, 0.05) is 13.1 Å².